The predicted octanol–water partition coefficient (Wildman–Crippen LogP) is 2.99. The van der Waals surface area contributed by atoms with Gasteiger partial charge < -0.3 is 5.11 Å². The van der Waals surface area contributed by atoms with Crippen LogP contribution in [0.3, 0.4) is 0 Å². The molecule has 0 aromatic carbocycles. The molecule has 1 aromatic heterocycles. The molecule has 0 radical (unpaired) electrons. The molecule has 74 valence electrons. The maximum absolute atomic E-state index is 11.3. The number of ketones is 1. The molecule has 0 spiro atoms. The molecule has 0 saturated heterocycles. The van der Waals surface area contributed by atoms with E-state index in [2.05, 4.69) is 15.9 Å². The first-order chi connectivity index (χ1) is 6.50. The normalized spacial score (nSPS) is 10.7. The van der Waals surface area contributed by atoms with E-state index < -0.39 is 5.97 Å². The number of hydrogen-bond acceptors (Lipinski definition) is 3. The number of carbonyl (C=O) groups is 2. The lowest BCUT2D eigenvalue weighted by atomic mass is 10.3. The highest BCUT2D eigenvalue weighted by molar-refractivity contribution is 9.11. The predicted molar refractivity (Wildman–Crippen MR) is 58.1 cm³/mol. The maximum atomic E-state index is 11.3. The fraction of sp³-hybridized carbons (Fsp3) is 0. The van der Waals surface area contributed by atoms with Crippen LogP contribution in [0.15, 0.2) is 22.0 Å². The molecule has 0 aliphatic rings. The zero-order valence-electron chi connectivity index (χ0n) is 6.66. The summed E-state index contributed by atoms with van der Waals surface area (Å²) in [6, 6.07) is 1.49. The topological polar surface area (TPSA) is 54.4 Å². The largest absolute Gasteiger partial charge is 0.478 e. The fourth-order valence-corrected chi connectivity index (χ4v) is 2.32. The van der Waals surface area contributed by atoms with Gasteiger partial charge in [0.25, 0.3) is 0 Å². The Hall–Kier alpha value is -0.650. The number of carboxylic acids is 1. The number of hydrogen-bond donors (Lipinski definition) is 1. The lowest BCUT2D eigenvalue weighted by Crippen LogP contribution is -1.93. The lowest BCUT2D eigenvalue weighted by Gasteiger charge is -1.85. The minimum absolute atomic E-state index is 0.370. The highest BCUT2D eigenvalue weighted by atomic mass is 79.9. The fourth-order valence-electron chi connectivity index (χ4n) is 0.697. The van der Waals surface area contributed by atoms with Crippen molar-refractivity contribution in [2.24, 2.45) is 0 Å². The molecule has 14 heavy (non-hydrogen) atoms. The van der Waals surface area contributed by atoms with Gasteiger partial charge in [-0.1, -0.05) is 11.6 Å². The monoisotopic (exact) mass is 294 g/mol. The Labute approximate surface area is 97.1 Å². The second-order valence-corrected chi connectivity index (χ2v) is 5.05. The van der Waals surface area contributed by atoms with Crippen LogP contribution < -0.4 is 0 Å². The van der Waals surface area contributed by atoms with E-state index in [4.69, 9.17) is 16.7 Å². The minimum Gasteiger partial charge on any atom is -0.478 e. The van der Waals surface area contributed by atoms with Crippen molar-refractivity contribution in [2.45, 2.75) is 0 Å². The van der Waals surface area contributed by atoms with Gasteiger partial charge in [0.05, 0.1) is 13.7 Å². The van der Waals surface area contributed by atoms with E-state index in [1.165, 1.54) is 17.4 Å². The van der Waals surface area contributed by atoms with Crippen LogP contribution >= 0.6 is 38.9 Å². The number of carboxylic acid groups (broad SMARTS) is 1. The van der Waals surface area contributed by atoms with Crippen LogP contribution in [0.25, 0.3) is 0 Å². The Balaban J connectivity index is 2.85. The number of aliphatic carboxylic acids is 1. The molecule has 0 fully saturated rings. The van der Waals surface area contributed by atoms with Gasteiger partial charge in [-0.3, -0.25) is 4.79 Å². The quantitative estimate of drug-likeness (QED) is 0.689. The minimum atomic E-state index is -1.15. The molecule has 0 amide bonds. The average Bonchev–Trinajstić information content (AvgIpc) is 2.43. The second kappa shape index (κ2) is 4.72. The number of rotatable bonds is 3. The molecular formula is C8H4BrClO3S. The number of halogens is 2. The molecule has 1 rings (SSSR count). The van der Waals surface area contributed by atoms with Gasteiger partial charge in [-0.25, -0.2) is 4.79 Å². The maximum Gasteiger partial charge on any atom is 0.328 e. The first kappa shape index (κ1) is 11.4. The molecule has 0 aliphatic heterocycles. The van der Waals surface area contributed by atoms with Crippen molar-refractivity contribution in [1.82, 2.24) is 0 Å². The summed E-state index contributed by atoms with van der Waals surface area (Å²) in [6.07, 6.45) is 1.79. The summed E-state index contributed by atoms with van der Waals surface area (Å²) in [6.45, 7) is 0. The van der Waals surface area contributed by atoms with Crippen LogP contribution in [-0.4, -0.2) is 16.9 Å². The Morgan fingerprint density at radius 3 is 2.57 bits per heavy atom. The molecule has 1 N–H and O–H groups in total. The van der Waals surface area contributed by atoms with Gasteiger partial charge in [-0.05, 0) is 28.1 Å². The van der Waals surface area contributed by atoms with Gasteiger partial charge >= 0.3 is 5.97 Å². The Morgan fingerprint density at radius 1 is 1.50 bits per heavy atom. The van der Waals surface area contributed by atoms with E-state index in [0.29, 0.717) is 13.7 Å². The van der Waals surface area contributed by atoms with E-state index >= 15 is 0 Å². The van der Waals surface area contributed by atoms with Crippen LogP contribution in [0, 0.1) is 0 Å². The summed E-state index contributed by atoms with van der Waals surface area (Å²) in [5, 5.41) is 8.74. The molecule has 0 unspecified atom stereocenters. The van der Waals surface area contributed by atoms with Crippen molar-refractivity contribution in [1.29, 1.82) is 0 Å². The molecule has 1 aromatic rings. The summed E-state index contributed by atoms with van der Waals surface area (Å²) in [5.74, 6) is -1.52. The van der Waals surface area contributed by atoms with Crippen molar-refractivity contribution in [3.8, 4) is 0 Å². The zero-order valence-corrected chi connectivity index (χ0v) is 9.82. The van der Waals surface area contributed by atoms with Crippen molar-refractivity contribution in [3.63, 3.8) is 0 Å². The standard InChI is InChI=1S/C8H4BrClO3S/c9-8-4(10)3-6(14-8)5(11)1-2-7(12)13/h1-3H,(H,12,13)/b2-1+. The summed E-state index contributed by atoms with van der Waals surface area (Å²) in [7, 11) is 0. The molecule has 0 atom stereocenters. The van der Waals surface area contributed by atoms with E-state index in [9.17, 15) is 9.59 Å². The van der Waals surface area contributed by atoms with Crippen molar-refractivity contribution in [3.05, 3.63) is 31.9 Å². The molecular weight excluding hydrogens is 292 g/mol. The molecule has 6 heteroatoms. The van der Waals surface area contributed by atoms with Crippen molar-refractivity contribution < 1.29 is 14.7 Å². The first-order valence-electron chi connectivity index (χ1n) is 3.41. The Morgan fingerprint density at radius 2 is 2.14 bits per heavy atom. The second-order valence-electron chi connectivity index (χ2n) is 2.27. The summed E-state index contributed by atoms with van der Waals surface area (Å²) >= 11 is 10.0. The number of carbonyl (C=O) groups excluding carboxylic acids is 1. The zero-order chi connectivity index (χ0) is 10.7. The van der Waals surface area contributed by atoms with Gasteiger partial charge in [-0.2, -0.15) is 0 Å². The van der Waals surface area contributed by atoms with Gasteiger partial charge in [0.1, 0.15) is 0 Å². The highest BCUT2D eigenvalue weighted by Gasteiger charge is 2.09. The average molecular weight is 296 g/mol. The van der Waals surface area contributed by atoms with Gasteiger partial charge in [0, 0.05) is 6.08 Å². The smallest absolute Gasteiger partial charge is 0.328 e. The Kier molecular flexibility index (Phi) is 3.86. The van der Waals surface area contributed by atoms with E-state index in [-0.39, 0.29) is 5.78 Å². The Bertz CT molecular complexity index is 391. The molecule has 0 saturated carbocycles. The van der Waals surface area contributed by atoms with Crippen LogP contribution in [0.1, 0.15) is 9.67 Å². The van der Waals surface area contributed by atoms with Crippen LogP contribution in [0.5, 0.6) is 0 Å². The third-order valence-corrected chi connectivity index (χ3v) is 3.75. The van der Waals surface area contributed by atoms with E-state index in [0.717, 1.165) is 12.2 Å². The highest BCUT2D eigenvalue weighted by Crippen LogP contribution is 2.32. The van der Waals surface area contributed by atoms with E-state index in [1.54, 1.807) is 0 Å². The molecule has 0 bridgehead atoms. The third-order valence-electron chi connectivity index (χ3n) is 1.27. The lowest BCUT2D eigenvalue weighted by molar-refractivity contribution is -0.131. The SMILES string of the molecule is O=C(O)/C=C/C(=O)c1cc(Cl)c(Br)s1. The summed E-state index contributed by atoms with van der Waals surface area (Å²) < 4.78 is 0.659. The molecule has 1 heterocycles. The molecule has 3 nitrogen and oxygen atoms in total. The van der Waals surface area contributed by atoms with Crippen LogP contribution in [0.2, 0.25) is 5.02 Å². The van der Waals surface area contributed by atoms with Crippen molar-refractivity contribution >= 4 is 50.6 Å². The number of allylic oxidation sites excluding steroid dienone is 1. The van der Waals surface area contributed by atoms with Gasteiger partial charge in [0.2, 0.25) is 0 Å². The number of thiophene rings is 1. The van der Waals surface area contributed by atoms with Crippen LogP contribution in [-0.2, 0) is 4.79 Å². The van der Waals surface area contributed by atoms with Gasteiger partial charge in [0.15, 0.2) is 5.78 Å². The van der Waals surface area contributed by atoms with E-state index in [1.807, 2.05) is 0 Å². The summed E-state index contributed by atoms with van der Waals surface area (Å²) in [4.78, 5) is 21.8. The van der Waals surface area contributed by atoms with Crippen molar-refractivity contribution in [2.75, 3.05) is 0 Å². The van der Waals surface area contributed by atoms with Crippen LogP contribution in [0.4, 0.5) is 0 Å². The van der Waals surface area contributed by atoms with Gasteiger partial charge in [-0.15, -0.1) is 11.3 Å². The third kappa shape index (κ3) is 2.94. The summed E-state index contributed by atoms with van der Waals surface area (Å²) in [5.41, 5.74) is 0. The first-order valence-corrected chi connectivity index (χ1v) is 5.39. The molecule has 0 aliphatic carbocycles.